The van der Waals surface area contributed by atoms with Gasteiger partial charge in [0.25, 0.3) is 5.91 Å². The first-order valence-electron chi connectivity index (χ1n) is 6.67. The van der Waals surface area contributed by atoms with Crippen molar-refractivity contribution in [3.8, 4) is 17.2 Å². The summed E-state index contributed by atoms with van der Waals surface area (Å²) in [6, 6.07) is 6.34. The molecule has 2 rings (SSSR count). The van der Waals surface area contributed by atoms with Crippen LogP contribution < -0.4 is 19.5 Å². The SMILES string of the molecule is COc1cc(C(=O)Nc2cc(Cl)ccc2Cl)c(Br)c(OC)c1OC. The van der Waals surface area contributed by atoms with Crippen molar-refractivity contribution in [3.05, 3.63) is 44.3 Å². The fourth-order valence-corrected chi connectivity index (χ4v) is 3.04. The molecule has 0 aromatic heterocycles. The molecular weight excluding hydrogens is 421 g/mol. The van der Waals surface area contributed by atoms with Crippen LogP contribution >= 0.6 is 39.1 Å². The molecule has 0 aliphatic rings. The van der Waals surface area contributed by atoms with Gasteiger partial charge < -0.3 is 19.5 Å². The highest BCUT2D eigenvalue weighted by atomic mass is 79.9. The highest BCUT2D eigenvalue weighted by Gasteiger charge is 2.23. The second kappa shape index (κ2) is 7.96. The Morgan fingerprint density at radius 3 is 2.29 bits per heavy atom. The van der Waals surface area contributed by atoms with Crippen LogP contribution in [0.25, 0.3) is 0 Å². The molecule has 0 aliphatic heterocycles. The minimum Gasteiger partial charge on any atom is -0.493 e. The molecule has 0 aliphatic carbocycles. The number of benzene rings is 2. The maximum atomic E-state index is 12.6. The Bertz CT molecular complexity index is 783. The molecule has 5 nitrogen and oxygen atoms in total. The third kappa shape index (κ3) is 3.71. The molecule has 0 radical (unpaired) electrons. The van der Waals surface area contributed by atoms with Crippen molar-refractivity contribution < 1.29 is 19.0 Å². The fourth-order valence-electron chi connectivity index (χ4n) is 2.07. The molecular formula is C16H14BrCl2NO4. The molecule has 0 saturated heterocycles. The van der Waals surface area contributed by atoms with E-state index < -0.39 is 5.91 Å². The van der Waals surface area contributed by atoms with Crippen molar-refractivity contribution in [2.45, 2.75) is 0 Å². The lowest BCUT2D eigenvalue weighted by atomic mass is 10.1. The third-order valence-corrected chi connectivity index (χ3v) is 4.54. The Morgan fingerprint density at radius 2 is 1.71 bits per heavy atom. The molecule has 0 fully saturated rings. The summed E-state index contributed by atoms with van der Waals surface area (Å²) in [7, 11) is 4.43. The Balaban J connectivity index is 2.47. The molecule has 0 atom stereocenters. The summed E-state index contributed by atoms with van der Waals surface area (Å²) in [6.07, 6.45) is 0. The standard InChI is InChI=1S/C16H14BrCl2NO4/c1-22-12-7-9(13(17)15(24-3)14(12)23-2)16(21)20-11-6-8(18)4-5-10(11)19/h4-7H,1-3H3,(H,20,21). The van der Waals surface area contributed by atoms with Crippen molar-refractivity contribution in [2.24, 2.45) is 0 Å². The maximum Gasteiger partial charge on any atom is 0.257 e. The van der Waals surface area contributed by atoms with E-state index in [4.69, 9.17) is 37.4 Å². The normalized spacial score (nSPS) is 10.2. The topological polar surface area (TPSA) is 56.8 Å². The van der Waals surface area contributed by atoms with Gasteiger partial charge in [-0.2, -0.15) is 0 Å². The van der Waals surface area contributed by atoms with Crippen molar-refractivity contribution >= 4 is 50.7 Å². The number of carbonyl (C=O) groups is 1. The Kier molecular flexibility index (Phi) is 6.21. The summed E-state index contributed by atoms with van der Waals surface area (Å²) in [5, 5.41) is 3.54. The average molecular weight is 435 g/mol. The monoisotopic (exact) mass is 433 g/mol. The molecule has 8 heteroatoms. The zero-order chi connectivity index (χ0) is 17.9. The molecule has 1 amide bonds. The van der Waals surface area contributed by atoms with E-state index in [-0.39, 0.29) is 0 Å². The quantitative estimate of drug-likeness (QED) is 0.716. The van der Waals surface area contributed by atoms with Crippen molar-refractivity contribution in [3.63, 3.8) is 0 Å². The van der Waals surface area contributed by atoms with Crippen LogP contribution in [0.5, 0.6) is 17.2 Å². The maximum absolute atomic E-state index is 12.6. The molecule has 0 spiro atoms. The number of carbonyl (C=O) groups excluding carboxylic acids is 1. The van der Waals surface area contributed by atoms with Gasteiger partial charge in [0.05, 0.1) is 42.1 Å². The molecule has 0 unspecified atom stereocenters. The van der Waals surface area contributed by atoms with Gasteiger partial charge in [-0.15, -0.1) is 0 Å². The predicted octanol–water partition coefficient (Wildman–Crippen LogP) is 5.03. The highest BCUT2D eigenvalue weighted by Crippen LogP contribution is 2.45. The van der Waals surface area contributed by atoms with Gasteiger partial charge in [0, 0.05) is 5.02 Å². The minimum absolute atomic E-state index is 0.292. The van der Waals surface area contributed by atoms with Gasteiger partial charge in [-0.1, -0.05) is 23.2 Å². The molecule has 2 aromatic rings. The molecule has 0 heterocycles. The number of nitrogens with one attached hydrogen (secondary N) is 1. The summed E-state index contributed by atoms with van der Waals surface area (Å²) < 4.78 is 16.3. The van der Waals surface area contributed by atoms with Crippen LogP contribution in [0.15, 0.2) is 28.7 Å². The first-order chi connectivity index (χ1) is 11.4. The summed E-state index contributed by atoms with van der Waals surface area (Å²) in [4.78, 5) is 12.6. The number of hydrogen-bond acceptors (Lipinski definition) is 4. The smallest absolute Gasteiger partial charge is 0.257 e. The first-order valence-corrected chi connectivity index (χ1v) is 8.22. The summed E-state index contributed by atoms with van der Waals surface area (Å²) in [5.41, 5.74) is 0.690. The summed E-state index contributed by atoms with van der Waals surface area (Å²) in [5.74, 6) is 0.675. The lowest BCUT2D eigenvalue weighted by Crippen LogP contribution is -2.14. The molecule has 2 aromatic carbocycles. The number of ether oxygens (including phenoxy) is 3. The van der Waals surface area contributed by atoms with E-state index in [2.05, 4.69) is 21.2 Å². The number of methoxy groups -OCH3 is 3. The summed E-state index contributed by atoms with van der Waals surface area (Å²) in [6.45, 7) is 0. The molecule has 24 heavy (non-hydrogen) atoms. The third-order valence-electron chi connectivity index (χ3n) is 3.19. The highest BCUT2D eigenvalue weighted by molar-refractivity contribution is 9.10. The number of anilines is 1. The fraction of sp³-hybridized carbons (Fsp3) is 0.188. The largest absolute Gasteiger partial charge is 0.493 e. The van der Waals surface area contributed by atoms with E-state index in [0.717, 1.165) is 0 Å². The Labute approximate surface area is 157 Å². The van der Waals surface area contributed by atoms with E-state index in [0.29, 0.717) is 43.0 Å². The van der Waals surface area contributed by atoms with Gasteiger partial charge in [-0.3, -0.25) is 4.79 Å². The predicted molar refractivity (Wildman–Crippen MR) is 98.2 cm³/mol. The molecule has 1 N–H and O–H groups in total. The van der Waals surface area contributed by atoms with Crippen molar-refractivity contribution in [1.82, 2.24) is 0 Å². The van der Waals surface area contributed by atoms with Gasteiger partial charge in [0.2, 0.25) is 5.75 Å². The first kappa shape index (κ1) is 18.7. The minimum atomic E-state index is -0.412. The van der Waals surface area contributed by atoms with E-state index in [1.165, 1.54) is 21.3 Å². The number of rotatable bonds is 5. The molecule has 0 bridgehead atoms. The van der Waals surface area contributed by atoms with Gasteiger partial charge in [0.15, 0.2) is 11.5 Å². The molecule has 0 saturated carbocycles. The van der Waals surface area contributed by atoms with Gasteiger partial charge in [0.1, 0.15) is 0 Å². The van der Waals surface area contributed by atoms with Crippen molar-refractivity contribution in [2.75, 3.05) is 26.6 Å². The van der Waals surface area contributed by atoms with E-state index in [1.54, 1.807) is 24.3 Å². The Morgan fingerprint density at radius 1 is 1.04 bits per heavy atom. The lowest BCUT2D eigenvalue weighted by Gasteiger charge is -2.16. The van der Waals surface area contributed by atoms with Crippen LogP contribution in [0.2, 0.25) is 10.0 Å². The Hall–Kier alpha value is -1.63. The van der Waals surface area contributed by atoms with Crippen LogP contribution in [0.3, 0.4) is 0 Å². The van der Waals surface area contributed by atoms with Crippen LogP contribution in [0.1, 0.15) is 10.4 Å². The lowest BCUT2D eigenvalue weighted by molar-refractivity contribution is 0.102. The van der Waals surface area contributed by atoms with Crippen LogP contribution in [0.4, 0.5) is 5.69 Å². The number of halogens is 3. The van der Waals surface area contributed by atoms with Gasteiger partial charge >= 0.3 is 0 Å². The molecule has 128 valence electrons. The summed E-state index contributed by atoms with van der Waals surface area (Å²) >= 11 is 15.4. The second-order valence-electron chi connectivity index (χ2n) is 4.59. The van der Waals surface area contributed by atoms with Gasteiger partial charge in [-0.05, 0) is 40.2 Å². The zero-order valence-electron chi connectivity index (χ0n) is 13.1. The van der Waals surface area contributed by atoms with E-state index in [1.807, 2.05) is 0 Å². The second-order valence-corrected chi connectivity index (χ2v) is 6.22. The van der Waals surface area contributed by atoms with Crippen molar-refractivity contribution in [1.29, 1.82) is 0 Å². The number of hydrogen-bond donors (Lipinski definition) is 1. The number of amides is 1. The van der Waals surface area contributed by atoms with Gasteiger partial charge in [-0.25, -0.2) is 0 Å². The van der Waals surface area contributed by atoms with E-state index in [9.17, 15) is 4.79 Å². The van der Waals surface area contributed by atoms with Crippen LogP contribution in [0, 0.1) is 0 Å². The zero-order valence-corrected chi connectivity index (χ0v) is 16.2. The van der Waals surface area contributed by atoms with E-state index >= 15 is 0 Å². The van der Waals surface area contributed by atoms with Crippen LogP contribution in [-0.2, 0) is 0 Å². The van der Waals surface area contributed by atoms with Crippen LogP contribution in [-0.4, -0.2) is 27.2 Å². The average Bonchev–Trinajstić information content (AvgIpc) is 2.57.